The molecule has 0 fully saturated rings. The van der Waals surface area contributed by atoms with Crippen LogP contribution in [0.25, 0.3) is 0 Å². The fourth-order valence-electron chi connectivity index (χ4n) is 1.07. The molecular weight excluding hydrogens is 517 g/mol. The average Bonchev–Trinajstić information content (AvgIpc) is 2.06. The summed E-state index contributed by atoms with van der Waals surface area (Å²) in [6, 6.07) is 0. The van der Waals surface area contributed by atoms with E-state index in [9.17, 15) is 0 Å². The summed E-state index contributed by atoms with van der Waals surface area (Å²) in [5, 5.41) is 0. The molecule has 0 radical (unpaired) electrons. The van der Waals surface area contributed by atoms with Crippen LogP contribution in [0.5, 0.6) is 0 Å². The molecule has 4 heteroatoms. The number of methoxy groups -OCH3 is 2. The molecule has 0 aromatic carbocycles. The minimum absolute atomic E-state index is 0.0135. The molecule has 0 amide bonds. The zero-order chi connectivity index (χ0) is 8.91. The first kappa shape index (κ1) is 12.8. The van der Waals surface area contributed by atoms with Gasteiger partial charge in [0, 0.05) is 0 Å². The van der Waals surface area contributed by atoms with Gasteiger partial charge in [0.2, 0.25) is 0 Å². The summed E-state index contributed by atoms with van der Waals surface area (Å²) >= 11 is 1.61. The van der Waals surface area contributed by atoms with Crippen molar-refractivity contribution in [3.05, 3.63) is 0 Å². The minimum atomic E-state index is 0.0135. The van der Waals surface area contributed by atoms with Crippen LogP contribution >= 0.6 is 0 Å². The summed E-state index contributed by atoms with van der Waals surface area (Å²) in [6.07, 6.45) is 0.341. The van der Waals surface area contributed by atoms with Crippen LogP contribution in [0.3, 0.4) is 0 Å². The molecule has 2 unspecified atom stereocenters. The van der Waals surface area contributed by atoms with E-state index >= 15 is 0 Å². The molecule has 0 saturated carbocycles. The Labute approximate surface area is 101 Å². The van der Waals surface area contributed by atoms with E-state index in [1.54, 1.807) is 14.2 Å². The van der Waals surface area contributed by atoms with Crippen molar-refractivity contribution < 1.29 is 61.7 Å². The second-order valence-electron chi connectivity index (χ2n) is 2.78. The Morgan fingerprint density at radius 1 is 1.36 bits per heavy atom. The molecule has 0 heterocycles. The molecule has 2 nitrogen and oxygen atoms in total. The Hall–Kier alpha value is 1.79. The maximum absolute atomic E-state index is 5.49. The average molecular weight is 531 g/mol. The van der Waals surface area contributed by atoms with E-state index in [0.29, 0.717) is 6.10 Å². The first-order chi connectivity index (χ1) is 5.14. The zero-order valence-corrected chi connectivity index (χ0v) is 18.7. The van der Waals surface area contributed by atoms with E-state index < -0.39 is 0 Å². The summed E-state index contributed by atoms with van der Waals surface area (Å²) in [5.74, 6) is 0. The molecule has 0 aliphatic heterocycles. The summed E-state index contributed by atoms with van der Waals surface area (Å²) in [7, 11) is 3.58. The fraction of sp³-hybridized carbons (Fsp3) is 1.00. The number of hydrogen-bond donors (Lipinski definition) is 0. The van der Waals surface area contributed by atoms with E-state index in [-0.39, 0.29) is 5.60 Å². The molecule has 0 spiro atoms. The topological polar surface area (TPSA) is 18.5 Å². The number of hydrogen-bond acceptors (Lipinski definition) is 2. The number of rotatable bonds is 5. The maximum atomic E-state index is 5.49. The van der Waals surface area contributed by atoms with Crippen LogP contribution in [-0.4, -0.2) is 25.9 Å². The van der Waals surface area contributed by atoms with Crippen molar-refractivity contribution in [3.63, 3.8) is 0 Å². The van der Waals surface area contributed by atoms with Crippen molar-refractivity contribution in [3.8, 4) is 0 Å². The van der Waals surface area contributed by atoms with Crippen molar-refractivity contribution in [1.82, 2.24) is 0 Å². The third-order valence-electron chi connectivity index (χ3n) is 2.19. The Morgan fingerprint density at radius 3 is 2.00 bits per heavy atom. The van der Waals surface area contributed by atoms with Gasteiger partial charge in [-0.1, -0.05) is 0 Å². The molecule has 0 aliphatic carbocycles. The second kappa shape index (κ2) is 6.28. The van der Waals surface area contributed by atoms with Gasteiger partial charge >= 0.3 is 102 Å². The SMILES string of the molecule is COC([CH2][Hg])C(C)([CH2][Hg])OC. The van der Waals surface area contributed by atoms with Gasteiger partial charge in [0.15, 0.2) is 0 Å². The molecule has 2 atom stereocenters. The quantitative estimate of drug-likeness (QED) is 0.499. The van der Waals surface area contributed by atoms with Gasteiger partial charge in [-0.05, 0) is 0 Å². The monoisotopic (exact) mass is 534 g/mol. The molecule has 0 bridgehead atoms. The van der Waals surface area contributed by atoms with Crippen LogP contribution in [0.2, 0.25) is 7.86 Å². The molecule has 0 aromatic rings. The van der Waals surface area contributed by atoms with Crippen molar-refractivity contribution in [2.45, 2.75) is 26.5 Å². The first-order valence-corrected chi connectivity index (χ1v) is 11.6. The van der Waals surface area contributed by atoms with Crippen LogP contribution in [-0.2, 0) is 61.7 Å². The van der Waals surface area contributed by atoms with E-state index in [2.05, 4.69) is 6.92 Å². The standard InChI is InChI=1S/C7H14O2.2Hg/c1-6(8-4)7(2,3)9-5;;/h6H,1-2H2,3-5H3;;. The van der Waals surface area contributed by atoms with Crippen LogP contribution in [0.4, 0.5) is 0 Å². The van der Waals surface area contributed by atoms with Crippen molar-refractivity contribution in [1.29, 1.82) is 0 Å². The van der Waals surface area contributed by atoms with E-state index in [0.717, 1.165) is 52.2 Å². The first-order valence-electron chi connectivity index (χ1n) is 3.81. The Kier molecular flexibility index (Phi) is 7.30. The van der Waals surface area contributed by atoms with Gasteiger partial charge in [0.1, 0.15) is 0 Å². The summed E-state index contributed by atoms with van der Waals surface area (Å²) in [6.45, 7) is 2.17. The Morgan fingerprint density at radius 2 is 1.91 bits per heavy atom. The summed E-state index contributed by atoms with van der Waals surface area (Å²) < 4.78 is 13.3. The fourth-order valence-corrected chi connectivity index (χ4v) is 6.40. The number of ether oxygens (including phenoxy) is 2. The third-order valence-corrected chi connectivity index (χ3v) is 8.09. The van der Waals surface area contributed by atoms with Gasteiger partial charge in [-0.25, -0.2) is 0 Å². The van der Waals surface area contributed by atoms with E-state index in [4.69, 9.17) is 9.47 Å². The van der Waals surface area contributed by atoms with Crippen molar-refractivity contribution >= 4 is 0 Å². The molecular formula is C7H14Hg2O2. The zero-order valence-electron chi connectivity index (χ0n) is 7.72. The van der Waals surface area contributed by atoms with Gasteiger partial charge in [-0.3, -0.25) is 0 Å². The summed E-state index contributed by atoms with van der Waals surface area (Å²) in [5.41, 5.74) is 0.0135. The molecule has 0 N–H and O–H groups in total. The van der Waals surface area contributed by atoms with Gasteiger partial charge in [0.25, 0.3) is 0 Å². The second-order valence-corrected chi connectivity index (χ2v) is 6.97. The van der Waals surface area contributed by atoms with Gasteiger partial charge in [0.05, 0.1) is 0 Å². The Balaban J connectivity index is 4.19. The summed E-state index contributed by atoms with van der Waals surface area (Å²) in [4.78, 5) is 0. The van der Waals surface area contributed by atoms with Crippen LogP contribution in [0, 0.1) is 0 Å². The van der Waals surface area contributed by atoms with Crippen LogP contribution in [0.15, 0.2) is 0 Å². The van der Waals surface area contributed by atoms with Gasteiger partial charge < -0.3 is 0 Å². The molecule has 0 rings (SSSR count). The van der Waals surface area contributed by atoms with Crippen molar-refractivity contribution in [2.24, 2.45) is 0 Å². The predicted molar refractivity (Wildman–Crippen MR) is 35.8 cm³/mol. The predicted octanol–water partition coefficient (Wildman–Crippen LogP) is 1.34. The van der Waals surface area contributed by atoms with Crippen LogP contribution < -0.4 is 0 Å². The van der Waals surface area contributed by atoms with E-state index in [1.807, 2.05) is 0 Å². The molecule has 58 valence electrons. The normalized spacial score (nSPS) is 19.5. The molecule has 11 heavy (non-hydrogen) atoms. The van der Waals surface area contributed by atoms with Gasteiger partial charge in [-0.2, -0.15) is 0 Å². The molecule has 0 aliphatic rings. The molecule has 0 saturated heterocycles. The van der Waals surface area contributed by atoms with E-state index in [1.165, 1.54) is 7.86 Å². The van der Waals surface area contributed by atoms with Gasteiger partial charge in [-0.15, -0.1) is 0 Å². The van der Waals surface area contributed by atoms with Crippen molar-refractivity contribution in [2.75, 3.05) is 14.2 Å². The third kappa shape index (κ3) is 3.57. The van der Waals surface area contributed by atoms with Crippen LogP contribution in [0.1, 0.15) is 6.92 Å². The Bertz CT molecular complexity index is 101. The molecule has 0 aromatic heterocycles.